The number of aliphatic hydroxyl groups is 2. The first-order chi connectivity index (χ1) is 29.8. The maximum Gasteiger partial charge on any atom is 0.472 e. The van der Waals surface area contributed by atoms with Gasteiger partial charge in [-0.3, -0.25) is 18.6 Å². The van der Waals surface area contributed by atoms with Gasteiger partial charge in [-0.05, 0) is 70.6 Å². The number of hydrogen-bond donors (Lipinski definition) is 3. The molecule has 1 unspecified atom stereocenters. The van der Waals surface area contributed by atoms with Gasteiger partial charge < -0.3 is 29.1 Å². The first-order valence-electron chi connectivity index (χ1n) is 23.9. The molecule has 0 aromatic heterocycles. The van der Waals surface area contributed by atoms with Gasteiger partial charge in [0.25, 0.3) is 0 Å². The molecule has 0 aliphatic carbocycles. The largest absolute Gasteiger partial charge is 0.472 e. The summed E-state index contributed by atoms with van der Waals surface area (Å²) in [5, 5.41) is 20.3. The van der Waals surface area contributed by atoms with E-state index in [0.29, 0.717) is 36.7 Å². The van der Waals surface area contributed by atoms with Crippen molar-refractivity contribution in [2.45, 2.75) is 186 Å². The van der Waals surface area contributed by atoms with Crippen LogP contribution in [0.3, 0.4) is 0 Å². The van der Waals surface area contributed by atoms with Crippen LogP contribution in [-0.2, 0) is 32.7 Å². The van der Waals surface area contributed by atoms with Crippen LogP contribution in [-0.4, -0.2) is 97.3 Å². The maximum absolute atomic E-state index is 12.7. The van der Waals surface area contributed by atoms with Crippen molar-refractivity contribution in [3.05, 3.63) is 72.9 Å². The van der Waals surface area contributed by atoms with E-state index in [4.69, 9.17) is 18.5 Å². The van der Waals surface area contributed by atoms with Gasteiger partial charge in [0.2, 0.25) is 0 Å². The SMILES string of the molecule is CCCCC/C=C\C/C=C\CCCCCCCCCCCC(=O)O[C@H](COC(=O)CCC[C@H](O)\C=C/C=C/C=C/[C@H](O)C/C=C\CCCCC)COP(=O)(O)OCC[N+](C)(C)C. The summed E-state index contributed by atoms with van der Waals surface area (Å²) in [4.78, 5) is 35.5. The molecule has 11 nitrogen and oxygen atoms in total. The third-order valence-electron chi connectivity index (χ3n) is 9.90. The lowest BCUT2D eigenvalue weighted by molar-refractivity contribution is -0.870. The first-order valence-corrected chi connectivity index (χ1v) is 25.4. The Labute approximate surface area is 377 Å². The fraction of sp³-hybridized carbons (Fsp3) is 0.720. The lowest BCUT2D eigenvalue weighted by Crippen LogP contribution is -2.37. The van der Waals surface area contributed by atoms with Gasteiger partial charge >= 0.3 is 19.8 Å². The number of phosphoric acid groups is 1. The van der Waals surface area contributed by atoms with Crippen LogP contribution in [0.1, 0.15) is 168 Å². The van der Waals surface area contributed by atoms with E-state index in [0.717, 1.165) is 38.5 Å². The van der Waals surface area contributed by atoms with Gasteiger partial charge in [0.05, 0.1) is 40.0 Å². The minimum atomic E-state index is -4.44. The third-order valence-corrected chi connectivity index (χ3v) is 10.9. The van der Waals surface area contributed by atoms with Gasteiger partial charge in [-0.15, -0.1) is 0 Å². The van der Waals surface area contributed by atoms with E-state index in [2.05, 4.69) is 44.2 Å². The first kappa shape index (κ1) is 59.4. The number of rotatable bonds is 42. The van der Waals surface area contributed by atoms with E-state index in [1.165, 1.54) is 77.0 Å². The third kappa shape index (κ3) is 44.0. The highest BCUT2D eigenvalue weighted by atomic mass is 31.2. The molecule has 4 atom stereocenters. The number of carbonyl (C=O) groups is 2. The van der Waals surface area contributed by atoms with Crippen LogP contribution in [0.2, 0.25) is 0 Å². The number of likely N-dealkylation sites (N-methyl/N-ethyl adjacent to an activating group) is 1. The number of phosphoric ester groups is 1. The Hall–Kier alpha value is -2.63. The highest BCUT2D eigenvalue weighted by Gasteiger charge is 2.27. The second-order valence-corrected chi connectivity index (χ2v) is 18.6. The van der Waals surface area contributed by atoms with Gasteiger partial charge in [-0.2, -0.15) is 0 Å². The summed E-state index contributed by atoms with van der Waals surface area (Å²) >= 11 is 0. The second-order valence-electron chi connectivity index (χ2n) is 17.2. The smallest absolute Gasteiger partial charge is 0.462 e. The van der Waals surface area contributed by atoms with Crippen molar-refractivity contribution < 1.29 is 52.3 Å². The average molecular weight is 895 g/mol. The van der Waals surface area contributed by atoms with Gasteiger partial charge in [0, 0.05) is 12.8 Å². The number of esters is 2. The summed E-state index contributed by atoms with van der Waals surface area (Å²) in [6.07, 6.45) is 44.3. The predicted molar refractivity (Wildman–Crippen MR) is 254 cm³/mol. The second kappa shape index (κ2) is 41.1. The zero-order valence-electron chi connectivity index (χ0n) is 39.6. The lowest BCUT2D eigenvalue weighted by atomic mass is 10.1. The average Bonchev–Trinajstić information content (AvgIpc) is 3.21. The molecule has 0 heterocycles. The highest BCUT2D eigenvalue weighted by molar-refractivity contribution is 7.47. The molecule has 62 heavy (non-hydrogen) atoms. The number of carbonyl (C=O) groups excluding carboxylic acids is 2. The zero-order chi connectivity index (χ0) is 46.0. The minimum Gasteiger partial charge on any atom is -0.462 e. The number of quaternary nitrogens is 1. The van der Waals surface area contributed by atoms with Crippen LogP contribution in [0.15, 0.2) is 72.9 Å². The van der Waals surface area contributed by atoms with Gasteiger partial charge in [0.1, 0.15) is 19.8 Å². The van der Waals surface area contributed by atoms with Crippen molar-refractivity contribution in [3.8, 4) is 0 Å². The molecule has 0 aliphatic heterocycles. The number of ether oxygens (including phenoxy) is 2. The zero-order valence-corrected chi connectivity index (χ0v) is 40.4. The Bertz CT molecular complexity index is 1320. The summed E-state index contributed by atoms with van der Waals surface area (Å²) in [5.41, 5.74) is 0. The Morgan fingerprint density at radius 3 is 1.69 bits per heavy atom. The number of unbranched alkanes of at least 4 members (excludes halogenated alkanes) is 15. The van der Waals surface area contributed by atoms with Crippen molar-refractivity contribution in [1.29, 1.82) is 0 Å². The summed E-state index contributed by atoms with van der Waals surface area (Å²) in [6, 6.07) is 0. The summed E-state index contributed by atoms with van der Waals surface area (Å²) in [5.74, 6) is -1.05. The van der Waals surface area contributed by atoms with E-state index in [-0.39, 0.29) is 26.1 Å². The minimum absolute atomic E-state index is 0.0121. The highest BCUT2D eigenvalue weighted by Crippen LogP contribution is 2.43. The summed E-state index contributed by atoms with van der Waals surface area (Å²) in [6.45, 7) is 4.04. The number of aliphatic hydroxyl groups excluding tert-OH is 2. The molecule has 0 bridgehead atoms. The molecule has 12 heteroatoms. The van der Waals surface area contributed by atoms with Crippen LogP contribution < -0.4 is 0 Å². The monoisotopic (exact) mass is 895 g/mol. The van der Waals surface area contributed by atoms with Crippen LogP contribution in [0, 0.1) is 0 Å². The molecule has 3 N–H and O–H groups in total. The predicted octanol–water partition coefficient (Wildman–Crippen LogP) is 11.7. The number of nitrogens with zero attached hydrogens (tertiary/aromatic N) is 1. The molecule has 0 amide bonds. The Balaban J connectivity index is 4.56. The molecular formula is C50H89NO10P+. The van der Waals surface area contributed by atoms with Crippen molar-refractivity contribution in [1.82, 2.24) is 0 Å². The summed E-state index contributed by atoms with van der Waals surface area (Å²) < 4.78 is 34.2. The van der Waals surface area contributed by atoms with Crippen LogP contribution in [0.25, 0.3) is 0 Å². The topological polar surface area (TPSA) is 149 Å². The van der Waals surface area contributed by atoms with Crippen LogP contribution in [0.4, 0.5) is 0 Å². The fourth-order valence-electron chi connectivity index (χ4n) is 6.06. The molecule has 0 fully saturated rings. The Morgan fingerprint density at radius 2 is 1.11 bits per heavy atom. The molecule has 0 aromatic rings. The van der Waals surface area contributed by atoms with Gasteiger partial charge in [0.15, 0.2) is 6.10 Å². The van der Waals surface area contributed by atoms with Gasteiger partial charge in [-0.25, -0.2) is 4.57 Å². The van der Waals surface area contributed by atoms with E-state index in [1.54, 1.807) is 36.5 Å². The molecule has 0 radical (unpaired) electrons. The number of allylic oxidation sites excluding steroid dienone is 9. The standard InChI is InChI=1S/C50H88NO10P/c1-6-8-10-12-14-15-16-17-18-19-20-21-22-23-24-25-26-28-34-40-50(55)61-48(45-60-62(56,57)59-43-42-51(3,4)5)44-58-49(54)41-35-39-47(53)38-33-30-29-32-37-46(52)36-31-27-13-11-9-7-2/h14-15,17-18,27,29-33,37-38,46-48,52-53H,6-13,16,19-26,28,34-36,39-45H2,1-5H3/p+1/b15-14-,18-17-,30-29+,31-27-,37-32+,38-33-/t46-,47-,48-/m1/s1. The maximum atomic E-state index is 12.7. The van der Waals surface area contributed by atoms with E-state index in [9.17, 15) is 29.3 Å². The van der Waals surface area contributed by atoms with Crippen LogP contribution in [0.5, 0.6) is 0 Å². The van der Waals surface area contributed by atoms with E-state index < -0.39 is 44.7 Å². The van der Waals surface area contributed by atoms with Gasteiger partial charge in [-0.1, -0.05) is 157 Å². The normalized spacial score (nSPS) is 15.2. The van der Waals surface area contributed by atoms with Crippen molar-refractivity contribution >= 4 is 19.8 Å². The van der Waals surface area contributed by atoms with Crippen LogP contribution >= 0.6 is 7.82 Å². The van der Waals surface area contributed by atoms with Crippen molar-refractivity contribution in [2.75, 3.05) is 47.5 Å². The van der Waals surface area contributed by atoms with Crippen molar-refractivity contribution in [3.63, 3.8) is 0 Å². The fourth-order valence-corrected chi connectivity index (χ4v) is 6.80. The molecule has 0 saturated carbocycles. The Kier molecular flexibility index (Phi) is 39.4. The summed E-state index contributed by atoms with van der Waals surface area (Å²) in [7, 11) is 1.33. The molecule has 0 spiro atoms. The lowest BCUT2D eigenvalue weighted by Gasteiger charge is -2.24. The van der Waals surface area contributed by atoms with E-state index in [1.807, 2.05) is 27.2 Å². The van der Waals surface area contributed by atoms with Crippen molar-refractivity contribution in [2.24, 2.45) is 0 Å². The molecule has 0 saturated heterocycles. The molecule has 0 aromatic carbocycles. The molecular weight excluding hydrogens is 806 g/mol. The number of hydrogen-bond acceptors (Lipinski definition) is 9. The molecule has 0 aliphatic rings. The molecule has 0 rings (SSSR count). The quantitative estimate of drug-likeness (QED) is 0.0135. The van der Waals surface area contributed by atoms with E-state index >= 15 is 0 Å². The molecule has 358 valence electrons. The Morgan fingerprint density at radius 1 is 0.597 bits per heavy atom.